The van der Waals surface area contributed by atoms with E-state index in [0.717, 1.165) is 46.1 Å². The molecule has 0 saturated carbocycles. The second-order valence-corrected chi connectivity index (χ2v) is 7.06. The summed E-state index contributed by atoms with van der Waals surface area (Å²) in [5.41, 5.74) is 5.16. The summed E-state index contributed by atoms with van der Waals surface area (Å²) in [6.45, 7) is 0.117. The van der Waals surface area contributed by atoms with Crippen molar-refractivity contribution >= 4 is 28.5 Å². The molecule has 0 unspecified atom stereocenters. The molecule has 2 N–H and O–H groups in total. The number of nitrogens with one attached hydrogen (secondary N) is 1. The van der Waals surface area contributed by atoms with E-state index in [4.69, 9.17) is 19.6 Å². The predicted octanol–water partition coefficient (Wildman–Crippen LogP) is 3.46. The lowest BCUT2D eigenvalue weighted by Gasteiger charge is -2.13. The molecule has 3 aromatic rings. The van der Waals surface area contributed by atoms with Crippen molar-refractivity contribution in [3.05, 3.63) is 64.8 Å². The number of amides is 1. The molecular weight excluding hydrogens is 380 g/mol. The lowest BCUT2D eigenvalue weighted by Crippen LogP contribution is -2.27. The van der Waals surface area contributed by atoms with Crippen molar-refractivity contribution in [1.82, 2.24) is 10.3 Å². The summed E-state index contributed by atoms with van der Waals surface area (Å²) in [6.07, 6.45) is 3.57. The zero-order valence-electron chi connectivity index (χ0n) is 17.1. The highest BCUT2D eigenvalue weighted by molar-refractivity contribution is 6.09. The van der Waals surface area contributed by atoms with Crippen LogP contribution in [0.3, 0.4) is 0 Å². The molecule has 4 rings (SSSR count). The summed E-state index contributed by atoms with van der Waals surface area (Å²) in [7, 11) is 3.24. The normalized spacial score (nSPS) is 14.0. The minimum atomic E-state index is -0.181. The number of nitrogens with zero attached hydrogens (tertiary/aromatic N) is 1. The van der Waals surface area contributed by atoms with E-state index in [1.54, 1.807) is 14.2 Å². The van der Waals surface area contributed by atoms with Crippen LogP contribution >= 0.6 is 0 Å². The molecule has 1 aliphatic carbocycles. The molecular formula is C24H24N2O4. The smallest absolute Gasteiger partial charge is 0.252 e. The van der Waals surface area contributed by atoms with Gasteiger partial charge in [-0.2, -0.15) is 0 Å². The van der Waals surface area contributed by atoms with Gasteiger partial charge in [0.15, 0.2) is 11.5 Å². The number of methoxy groups -OCH3 is 2. The van der Waals surface area contributed by atoms with Crippen molar-refractivity contribution in [1.29, 1.82) is 0 Å². The number of carbonyl (C=O) groups excluding carboxylic acids is 1. The Kier molecular flexibility index (Phi) is 5.68. The lowest BCUT2D eigenvalue weighted by molar-refractivity contribution is 0.0945. The van der Waals surface area contributed by atoms with E-state index in [1.807, 2.05) is 42.5 Å². The molecule has 1 aromatic heterocycles. The molecule has 0 fully saturated rings. The number of pyridine rings is 1. The number of aliphatic hydroxyl groups is 1. The fourth-order valence-electron chi connectivity index (χ4n) is 4.01. The number of fused-ring (bicyclic) bond motifs is 2. The molecule has 154 valence electrons. The second-order valence-electron chi connectivity index (χ2n) is 7.06. The molecule has 1 amide bonds. The summed E-state index contributed by atoms with van der Waals surface area (Å²) >= 11 is 0. The van der Waals surface area contributed by atoms with Crippen molar-refractivity contribution in [3.63, 3.8) is 0 Å². The van der Waals surface area contributed by atoms with Gasteiger partial charge >= 0.3 is 0 Å². The predicted molar refractivity (Wildman–Crippen MR) is 117 cm³/mol. The van der Waals surface area contributed by atoms with Gasteiger partial charge in [-0.1, -0.05) is 30.3 Å². The quantitative estimate of drug-likeness (QED) is 0.658. The monoisotopic (exact) mass is 404 g/mol. The van der Waals surface area contributed by atoms with Crippen LogP contribution < -0.4 is 14.8 Å². The van der Waals surface area contributed by atoms with Crippen LogP contribution in [0.4, 0.5) is 0 Å². The molecule has 0 bridgehead atoms. The first-order valence-electron chi connectivity index (χ1n) is 9.90. The van der Waals surface area contributed by atoms with E-state index in [9.17, 15) is 4.79 Å². The SMILES string of the molecule is COc1cccc(/C=C2/CCc3c2nc2ccccc2c3C(=O)NCCO)c1OC. The van der Waals surface area contributed by atoms with Gasteiger partial charge in [0.25, 0.3) is 5.91 Å². The van der Waals surface area contributed by atoms with Gasteiger partial charge < -0.3 is 19.9 Å². The van der Waals surface area contributed by atoms with Gasteiger partial charge in [0.05, 0.1) is 37.6 Å². The second kappa shape index (κ2) is 8.55. The fraction of sp³-hybridized carbons (Fsp3) is 0.250. The topological polar surface area (TPSA) is 80.7 Å². The molecule has 0 saturated heterocycles. The van der Waals surface area contributed by atoms with Crippen LogP contribution in [0.5, 0.6) is 11.5 Å². The zero-order chi connectivity index (χ0) is 21.1. The van der Waals surface area contributed by atoms with E-state index >= 15 is 0 Å². The minimum absolute atomic E-state index is 0.0995. The third kappa shape index (κ3) is 3.50. The Bertz CT molecular complexity index is 1140. The van der Waals surface area contributed by atoms with Gasteiger partial charge in [-0.15, -0.1) is 0 Å². The molecule has 0 atom stereocenters. The number of ether oxygens (including phenoxy) is 2. The third-order valence-electron chi connectivity index (χ3n) is 5.33. The number of carbonyl (C=O) groups is 1. The molecule has 0 radical (unpaired) electrons. The van der Waals surface area contributed by atoms with Crippen molar-refractivity contribution in [2.24, 2.45) is 0 Å². The highest BCUT2D eigenvalue weighted by Crippen LogP contribution is 2.40. The molecule has 0 spiro atoms. The van der Waals surface area contributed by atoms with E-state index in [-0.39, 0.29) is 19.1 Å². The van der Waals surface area contributed by atoms with Crippen LogP contribution in [0.15, 0.2) is 42.5 Å². The highest BCUT2D eigenvalue weighted by Gasteiger charge is 2.27. The summed E-state index contributed by atoms with van der Waals surface area (Å²) in [5, 5.41) is 12.7. The van der Waals surface area contributed by atoms with E-state index < -0.39 is 0 Å². The summed E-state index contributed by atoms with van der Waals surface area (Å²) in [6, 6.07) is 13.4. The Morgan fingerprint density at radius 1 is 1.13 bits per heavy atom. The van der Waals surface area contributed by atoms with Gasteiger partial charge in [-0.3, -0.25) is 4.79 Å². The molecule has 1 aliphatic rings. The van der Waals surface area contributed by atoms with Crippen molar-refractivity contribution < 1.29 is 19.4 Å². The molecule has 6 heteroatoms. The Labute approximate surface area is 175 Å². The number of allylic oxidation sites excluding steroid dienone is 1. The highest BCUT2D eigenvalue weighted by atomic mass is 16.5. The Morgan fingerprint density at radius 2 is 1.97 bits per heavy atom. The standard InChI is InChI=1S/C24H24N2O4/c1-29-20-9-5-6-16(23(20)30-2)14-15-10-11-18-21(24(28)25-12-13-27)17-7-3-4-8-19(17)26-22(15)18/h3-9,14,27H,10-13H2,1-2H3,(H,25,28)/b15-14-. The summed E-state index contributed by atoms with van der Waals surface area (Å²) in [4.78, 5) is 17.8. The van der Waals surface area contributed by atoms with Gasteiger partial charge in [-0.25, -0.2) is 4.98 Å². The Hall–Kier alpha value is -3.38. The molecule has 30 heavy (non-hydrogen) atoms. The van der Waals surface area contributed by atoms with Crippen LogP contribution in [-0.4, -0.2) is 43.4 Å². The first-order valence-corrected chi connectivity index (χ1v) is 9.90. The first kappa shape index (κ1) is 19.9. The number of rotatable bonds is 6. The fourth-order valence-corrected chi connectivity index (χ4v) is 4.01. The van der Waals surface area contributed by atoms with Crippen LogP contribution in [0.2, 0.25) is 0 Å². The van der Waals surface area contributed by atoms with Crippen LogP contribution in [-0.2, 0) is 6.42 Å². The first-order chi connectivity index (χ1) is 14.7. The zero-order valence-corrected chi connectivity index (χ0v) is 17.1. The van der Waals surface area contributed by atoms with Gasteiger partial charge in [0.1, 0.15) is 0 Å². The number of aromatic nitrogens is 1. The van der Waals surface area contributed by atoms with Gasteiger partial charge in [0, 0.05) is 17.5 Å². The van der Waals surface area contributed by atoms with Crippen molar-refractivity contribution in [2.75, 3.05) is 27.4 Å². The maximum atomic E-state index is 12.9. The Morgan fingerprint density at radius 3 is 2.73 bits per heavy atom. The Balaban J connectivity index is 1.87. The van der Waals surface area contributed by atoms with Gasteiger partial charge in [-0.05, 0) is 42.2 Å². The van der Waals surface area contributed by atoms with Crippen LogP contribution in [0.1, 0.15) is 33.6 Å². The van der Waals surface area contributed by atoms with E-state index in [0.29, 0.717) is 17.1 Å². The number of benzene rings is 2. The third-order valence-corrected chi connectivity index (χ3v) is 5.33. The number of hydrogen-bond acceptors (Lipinski definition) is 5. The maximum Gasteiger partial charge on any atom is 0.252 e. The van der Waals surface area contributed by atoms with Crippen molar-refractivity contribution in [3.8, 4) is 11.5 Å². The van der Waals surface area contributed by atoms with Crippen LogP contribution in [0, 0.1) is 0 Å². The average Bonchev–Trinajstić information content (AvgIpc) is 3.17. The number of aliphatic hydroxyl groups excluding tert-OH is 1. The van der Waals surface area contributed by atoms with E-state index in [2.05, 4.69) is 11.4 Å². The van der Waals surface area contributed by atoms with Crippen LogP contribution in [0.25, 0.3) is 22.6 Å². The summed E-state index contributed by atoms with van der Waals surface area (Å²) < 4.78 is 11.0. The molecule has 2 aromatic carbocycles. The lowest BCUT2D eigenvalue weighted by atomic mass is 10.00. The van der Waals surface area contributed by atoms with E-state index in [1.165, 1.54) is 0 Å². The van der Waals surface area contributed by atoms with Gasteiger partial charge in [0.2, 0.25) is 0 Å². The average molecular weight is 404 g/mol. The number of para-hydroxylation sites is 2. The summed E-state index contributed by atoms with van der Waals surface area (Å²) in [5.74, 6) is 1.15. The molecule has 0 aliphatic heterocycles. The molecule has 6 nitrogen and oxygen atoms in total. The number of hydrogen-bond donors (Lipinski definition) is 2. The molecule has 1 heterocycles. The minimum Gasteiger partial charge on any atom is -0.493 e. The van der Waals surface area contributed by atoms with Crippen molar-refractivity contribution in [2.45, 2.75) is 12.8 Å². The largest absolute Gasteiger partial charge is 0.493 e. The maximum absolute atomic E-state index is 12.9.